The molecule has 1 aromatic heterocycles. The van der Waals surface area contributed by atoms with Crippen LogP contribution in [-0.4, -0.2) is 13.1 Å². The van der Waals surface area contributed by atoms with Gasteiger partial charge in [-0.05, 0) is 36.8 Å². The molecule has 0 bridgehead atoms. The second kappa shape index (κ2) is 8.25. The SMILES string of the molecule is COc1cccc2oc(=O)c(Cc3ccccc3)c(OC(=O)c3ccc(C)cc3)c12. The maximum Gasteiger partial charge on any atom is 0.343 e. The summed E-state index contributed by atoms with van der Waals surface area (Å²) in [5, 5.41) is 0.450. The first-order chi connectivity index (χ1) is 14.6. The Morgan fingerprint density at radius 1 is 0.933 bits per heavy atom. The molecule has 30 heavy (non-hydrogen) atoms. The van der Waals surface area contributed by atoms with E-state index in [0.29, 0.717) is 22.3 Å². The minimum Gasteiger partial charge on any atom is -0.496 e. The predicted octanol–water partition coefficient (Wildman–Crippen LogP) is 4.92. The Bertz CT molecular complexity index is 1250. The van der Waals surface area contributed by atoms with Gasteiger partial charge < -0.3 is 13.9 Å². The predicted molar refractivity (Wildman–Crippen MR) is 114 cm³/mol. The first kappa shape index (κ1) is 19.5. The minimum atomic E-state index is -0.554. The number of hydrogen-bond acceptors (Lipinski definition) is 5. The highest BCUT2D eigenvalue weighted by molar-refractivity contribution is 5.97. The number of esters is 1. The third kappa shape index (κ3) is 3.82. The maximum atomic E-state index is 12.9. The molecule has 3 aromatic carbocycles. The Morgan fingerprint density at radius 3 is 2.37 bits per heavy atom. The first-order valence-electron chi connectivity index (χ1n) is 9.52. The van der Waals surface area contributed by atoms with Gasteiger partial charge in [0.15, 0.2) is 5.75 Å². The Kier molecular flexibility index (Phi) is 5.35. The van der Waals surface area contributed by atoms with Crippen LogP contribution in [-0.2, 0) is 6.42 Å². The van der Waals surface area contributed by atoms with E-state index in [9.17, 15) is 9.59 Å². The van der Waals surface area contributed by atoms with Gasteiger partial charge in [-0.25, -0.2) is 9.59 Å². The number of benzene rings is 3. The molecule has 0 fully saturated rings. The molecule has 0 aliphatic heterocycles. The van der Waals surface area contributed by atoms with Gasteiger partial charge in [0.05, 0.1) is 18.2 Å². The summed E-state index contributed by atoms with van der Waals surface area (Å²) in [5.74, 6) is 0.0625. The fraction of sp³-hybridized carbons (Fsp3) is 0.120. The monoisotopic (exact) mass is 400 g/mol. The molecule has 0 atom stereocenters. The molecule has 4 rings (SSSR count). The average Bonchev–Trinajstić information content (AvgIpc) is 2.76. The lowest BCUT2D eigenvalue weighted by atomic mass is 10.0. The summed E-state index contributed by atoms with van der Waals surface area (Å²) in [6.07, 6.45) is 0.258. The molecule has 0 amide bonds. The van der Waals surface area contributed by atoms with Crippen LogP contribution in [0, 0.1) is 6.92 Å². The van der Waals surface area contributed by atoms with Crippen LogP contribution >= 0.6 is 0 Å². The van der Waals surface area contributed by atoms with Crippen molar-refractivity contribution in [3.05, 3.63) is 105 Å². The van der Waals surface area contributed by atoms with Crippen LogP contribution < -0.4 is 15.1 Å². The molecule has 0 radical (unpaired) electrons. The summed E-state index contributed by atoms with van der Waals surface area (Å²) >= 11 is 0. The van der Waals surface area contributed by atoms with E-state index in [1.807, 2.05) is 49.4 Å². The summed E-state index contributed by atoms with van der Waals surface area (Å²) in [6.45, 7) is 1.94. The van der Waals surface area contributed by atoms with Crippen molar-refractivity contribution in [2.24, 2.45) is 0 Å². The van der Waals surface area contributed by atoms with Crippen LogP contribution in [0.3, 0.4) is 0 Å². The Morgan fingerprint density at radius 2 is 1.67 bits per heavy atom. The number of ether oxygens (including phenoxy) is 2. The van der Waals surface area contributed by atoms with E-state index >= 15 is 0 Å². The molecule has 0 N–H and O–H groups in total. The Labute approximate surface area is 173 Å². The van der Waals surface area contributed by atoms with Gasteiger partial charge >= 0.3 is 11.6 Å². The van der Waals surface area contributed by atoms with Gasteiger partial charge in [-0.15, -0.1) is 0 Å². The molecule has 0 saturated carbocycles. The second-order valence-corrected chi connectivity index (χ2v) is 6.95. The van der Waals surface area contributed by atoms with E-state index in [2.05, 4.69) is 0 Å². The lowest BCUT2D eigenvalue weighted by molar-refractivity contribution is 0.0735. The first-order valence-corrected chi connectivity index (χ1v) is 9.52. The van der Waals surface area contributed by atoms with Gasteiger partial charge in [-0.1, -0.05) is 54.1 Å². The van der Waals surface area contributed by atoms with Crippen molar-refractivity contribution in [3.63, 3.8) is 0 Å². The largest absolute Gasteiger partial charge is 0.496 e. The van der Waals surface area contributed by atoms with Gasteiger partial charge in [-0.2, -0.15) is 0 Å². The number of fused-ring (bicyclic) bond motifs is 1. The minimum absolute atomic E-state index is 0.160. The van der Waals surface area contributed by atoms with Crippen molar-refractivity contribution in [1.82, 2.24) is 0 Å². The Hall–Kier alpha value is -3.86. The Balaban J connectivity index is 1.89. The van der Waals surface area contributed by atoms with E-state index in [1.165, 1.54) is 7.11 Å². The van der Waals surface area contributed by atoms with E-state index < -0.39 is 11.6 Å². The smallest absolute Gasteiger partial charge is 0.343 e. The molecule has 0 aliphatic carbocycles. The molecular weight excluding hydrogens is 380 g/mol. The summed E-state index contributed by atoms with van der Waals surface area (Å²) in [7, 11) is 1.52. The summed E-state index contributed by atoms with van der Waals surface area (Å²) in [5.41, 5.74) is 2.32. The third-order valence-corrected chi connectivity index (χ3v) is 4.86. The molecule has 0 aliphatic rings. The lowest BCUT2D eigenvalue weighted by Crippen LogP contribution is -2.16. The molecule has 0 saturated heterocycles. The number of aryl methyl sites for hydroxylation is 1. The standard InChI is InChI=1S/C25H20O5/c1-16-11-13-18(14-12-16)24(26)30-23-19(15-17-7-4-3-5-8-17)25(27)29-21-10-6-9-20(28-2)22(21)23/h3-14H,15H2,1-2H3. The number of methoxy groups -OCH3 is 1. The number of rotatable bonds is 5. The van der Waals surface area contributed by atoms with Crippen molar-refractivity contribution < 1.29 is 18.7 Å². The van der Waals surface area contributed by atoms with Crippen molar-refractivity contribution in [1.29, 1.82) is 0 Å². The van der Waals surface area contributed by atoms with Crippen molar-refractivity contribution in [2.75, 3.05) is 7.11 Å². The van der Waals surface area contributed by atoms with Crippen molar-refractivity contribution in [2.45, 2.75) is 13.3 Å². The summed E-state index contributed by atoms with van der Waals surface area (Å²) in [6, 6.07) is 21.6. The normalized spacial score (nSPS) is 10.7. The lowest BCUT2D eigenvalue weighted by Gasteiger charge is -2.14. The molecule has 150 valence electrons. The molecule has 4 aromatic rings. The highest BCUT2D eigenvalue weighted by Crippen LogP contribution is 2.36. The molecule has 5 heteroatoms. The van der Waals surface area contributed by atoms with E-state index in [0.717, 1.165) is 11.1 Å². The van der Waals surface area contributed by atoms with Crippen LogP contribution in [0.1, 0.15) is 27.0 Å². The average molecular weight is 400 g/mol. The number of hydrogen-bond donors (Lipinski definition) is 0. The second-order valence-electron chi connectivity index (χ2n) is 6.95. The quantitative estimate of drug-likeness (QED) is 0.351. The van der Waals surface area contributed by atoms with Crippen LogP contribution in [0.25, 0.3) is 11.0 Å². The molecule has 5 nitrogen and oxygen atoms in total. The number of carbonyl (C=O) groups excluding carboxylic acids is 1. The summed E-state index contributed by atoms with van der Waals surface area (Å²) in [4.78, 5) is 25.7. The highest BCUT2D eigenvalue weighted by Gasteiger charge is 2.22. The number of carbonyl (C=O) groups is 1. The highest BCUT2D eigenvalue weighted by atomic mass is 16.5. The van der Waals surface area contributed by atoms with Gasteiger partial charge in [0, 0.05) is 6.42 Å². The van der Waals surface area contributed by atoms with Gasteiger partial charge in [0.1, 0.15) is 16.7 Å². The van der Waals surface area contributed by atoms with Crippen LogP contribution in [0.2, 0.25) is 0 Å². The van der Waals surface area contributed by atoms with Crippen LogP contribution in [0.4, 0.5) is 0 Å². The zero-order chi connectivity index (χ0) is 21.1. The maximum absolute atomic E-state index is 12.9. The van der Waals surface area contributed by atoms with E-state index in [-0.39, 0.29) is 17.7 Å². The topological polar surface area (TPSA) is 65.7 Å². The molecule has 1 heterocycles. The van der Waals surface area contributed by atoms with Crippen molar-refractivity contribution >= 4 is 16.9 Å². The molecule has 0 unspecified atom stereocenters. The molecular formula is C25H20O5. The van der Waals surface area contributed by atoms with Crippen LogP contribution in [0.5, 0.6) is 11.5 Å². The fourth-order valence-electron chi connectivity index (χ4n) is 3.30. The fourth-order valence-corrected chi connectivity index (χ4v) is 3.30. The van der Waals surface area contributed by atoms with Gasteiger partial charge in [-0.3, -0.25) is 0 Å². The zero-order valence-corrected chi connectivity index (χ0v) is 16.7. The van der Waals surface area contributed by atoms with Crippen molar-refractivity contribution in [3.8, 4) is 11.5 Å². The summed E-state index contributed by atoms with van der Waals surface area (Å²) < 4.78 is 16.8. The third-order valence-electron chi connectivity index (χ3n) is 4.86. The van der Waals surface area contributed by atoms with E-state index in [1.54, 1.807) is 30.3 Å². The van der Waals surface area contributed by atoms with Gasteiger partial charge in [0.2, 0.25) is 0 Å². The van der Waals surface area contributed by atoms with Gasteiger partial charge in [0.25, 0.3) is 0 Å². The zero-order valence-electron chi connectivity index (χ0n) is 16.7. The molecule has 0 spiro atoms. The van der Waals surface area contributed by atoms with E-state index in [4.69, 9.17) is 13.9 Å². The van der Waals surface area contributed by atoms with Crippen LogP contribution in [0.15, 0.2) is 82.0 Å².